The Morgan fingerprint density at radius 1 is 1.18 bits per heavy atom. The van der Waals surface area contributed by atoms with Gasteiger partial charge in [-0.15, -0.1) is 6.58 Å². The number of hydrogen-bond acceptors (Lipinski definition) is 5. The van der Waals surface area contributed by atoms with Crippen LogP contribution in [-0.2, 0) is 17.7 Å². The van der Waals surface area contributed by atoms with Gasteiger partial charge in [0.1, 0.15) is 11.5 Å². The van der Waals surface area contributed by atoms with Crippen molar-refractivity contribution < 1.29 is 24.1 Å². The van der Waals surface area contributed by atoms with Crippen molar-refractivity contribution in [3.05, 3.63) is 77.9 Å². The van der Waals surface area contributed by atoms with Crippen molar-refractivity contribution >= 4 is 12.0 Å². The average Bonchev–Trinajstić information content (AvgIpc) is 2.81. The predicted molar refractivity (Wildman–Crippen MR) is 132 cm³/mol. The number of hydrogen-bond donors (Lipinski definition) is 2. The number of carbonyl (C=O) groups is 1. The third-order valence-electron chi connectivity index (χ3n) is 5.09. The maximum Gasteiger partial charge on any atom is 0.252 e. The molecule has 0 fully saturated rings. The number of aliphatic hydroxyl groups excluding tert-OH is 1. The molecule has 178 valence electrons. The molecule has 2 N–H and O–H groups in total. The van der Waals surface area contributed by atoms with Crippen molar-refractivity contribution in [2.45, 2.75) is 52.0 Å². The number of carbonyl (C=O) groups excluding carboxylic acids is 1. The van der Waals surface area contributed by atoms with E-state index in [1.165, 1.54) is 6.08 Å². The molecule has 0 aliphatic heterocycles. The molecule has 2 atom stereocenters. The molecule has 1 amide bonds. The zero-order chi connectivity index (χ0) is 24.4. The van der Waals surface area contributed by atoms with E-state index in [-0.39, 0.29) is 18.6 Å². The van der Waals surface area contributed by atoms with E-state index in [1.54, 1.807) is 31.4 Å². The van der Waals surface area contributed by atoms with Crippen LogP contribution in [0.5, 0.6) is 11.5 Å². The SMILES string of the molecule is C=Cc1cc(OCC)ccc1C(=O)NCc1cc(CC(OC(C)C)C(O)C=C)ccc1OC. The summed E-state index contributed by atoms with van der Waals surface area (Å²) in [6, 6.07) is 11.0. The molecule has 6 heteroatoms. The minimum atomic E-state index is -0.783. The van der Waals surface area contributed by atoms with Gasteiger partial charge in [-0.1, -0.05) is 30.9 Å². The van der Waals surface area contributed by atoms with Gasteiger partial charge >= 0.3 is 0 Å². The van der Waals surface area contributed by atoms with Crippen molar-refractivity contribution in [2.24, 2.45) is 0 Å². The summed E-state index contributed by atoms with van der Waals surface area (Å²) in [4.78, 5) is 12.9. The van der Waals surface area contributed by atoms with Gasteiger partial charge in [-0.2, -0.15) is 0 Å². The summed E-state index contributed by atoms with van der Waals surface area (Å²) < 4.78 is 16.9. The van der Waals surface area contributed by atoms with E-state index >= 15 is 0 Å². The molecule has 0 aromatic heterocycles. The number of benzene rings is 2. The molecule has 0 bridgehead atoms. The van der Waals surface area contributed by atoms with Gasteiger partial charge in [0.2, 0.25) is 0 Å². The van der Waals surface area contributed by atoms with E-state index in [9.17, 15) is 9.90 Å². The van der Waals surface area contributed by atoms with Crippen molar-refractivity contribution in [3.63, 3.8) is 0 Å². The highest BCUT2D eigenvalue weighted by molar-refractivity contribution is 5.97. The number of nitrogens with one attached hydrogen (secondary N) is 1. The maximum atomic E-state index is 12.9. The fourth-order valence-electron chi connectivity index (χ4n) is 3.52. The first kappa shape index (κ1) is 26.2. The lowest BCUT2D eigenvalue weighted by molar-refractivity contribution is -0.0474. The summed E-state index contributed by atoms with van der Waals surface area (Å²) >= 11 is 0. The molecule has 2 aromatic rings. The van der Waals surface area contributed by atoms with Crippen LogP contribution in [0.25, 0.3) is 6.08 Å². The second kappa shape index (κ2) is 12.8. The Bertz CT molecular complexity index is 954. The zero-order valence-corrected chi connectivity index (χ0v) is 20.0. The standard InChI is InChI=1S/C27H35NO5/c1-7-20-16-22(32-9-3)11-12-23(20)27(30)28-17-21-14-19(10-13-25(21)31-6)15-26(24(29)8-2)33-18(4)5/h7-8,10-14,16,18,24,26,29H,1-2,9,15,17H2,3-6H3,(H,28,30). The Balaban J connectivity index is 2.19. The number of amides is 1. The van der Waals surface area contributed by atoms with Crippen LogP contribution in [0.2, 0.25) is 0 Å². The zero-order valence-electron chi connectivity index (χ0n) is 20.0. The first-order valence-corrected chi connectivity index (χ1v) is 11.1. The molecule has 0 aliphatic rings. The number of ether oxygens (including phenoxy) is 3. The van der Waals surface area contributed by atoms with Gasteiger partial charge in [-0.3, -0.25) is 4.79 Å². The molecule has 2 unspecified atom stereocenters. The second-order valence-corrected chi connectivity index (χ2v) is 7.87. The van der Waals surface area contributed by atoms with Gasteiger partial charge < -0.3 is 24.6 Å². The van der Waals surface area contributed by atoms with Crippen LogP contribution in [0.4, 0.5) is 0 Å². The second-order valence-electron chi connectivity index (χ2n) is 7.87. The Hall–Kier alpha value is -3.09. The van der Waals surface area contributed by atoms with Crippen LogP contribution >= 0.6 is 0 Å². The molecular formula is C27H35NO5. The molecule has 33 heavy (non-hydrogen) atoms. The van der Waals surface area contributed by atoms with Crippen LogP contribution in [0.15, 0.2) is 55.6 Å². The molecule has 0 saturated carbocycles. The third-order valence-corrected chi connectivity index (χ3v) is 5.09. The van der Waals surface area contributed by atoms with Crippen LogP contribution in [0.1, 0.15) is 47.8 Å². The molecule has 0 heterocycles. The minimum Gasteiger partial charge on any atom is -0.496 e. The Morgan fingerprint density at radius 2 is 1.94 bits per heavy atom. The third kappa shape index (κ3) is 7.48. The normalized spacial score (nSPS) is 12.7. The van der Waals surface area contributed by atoms with Gasteiger partial charge in [0.25, 0.3) is 5.91 Å². The predicted octanol–water partition coefficient (Wildman–Crippen LogP) is 4.55. The van der Waals surface area contributed by atoms with E-state index in [0.29, 0.717) is 35.7 Å². The van der Waals surface area contributed by atoms with Gasteiger partial charge in [-0.05, 0) is 56.2 Å². The van der Waals surface area contributed by atoms with Gasteiger partial charge in [-0.25, -0.2) is 0 Å². The summed E-state index contributed by atoms with van der Waals surface area (Å²) in [6.45, 7) is 14.1. The highest BCUT2D eigenvalue weighted by atomic mass is 16.5. The van der Waals surface area contributed by atoms with Crippen molar-refractivity contribution in [1.29, 1.82) is 0 Å². The summed E-state index contributed by atoms with van der Waals surface area (Å²) in [5, 5.41) is 13.2. The Morgan fingerprint density at radius 3 is 2.55 bits per heavy atom. The lowest BCUT2D eigenvalue weighted by Gasteiger charge is -2.24. The number of rotatable bonds is 13. The van der Waals surface area contributed by atoms with Crippen molar-refractivity contribution in [1.82, 2.24) is 5.32 Å². The lowest BCUT2D eigenvalue weighted by atomic mass is 10.0. The summed E-state index contributed by atoms with van der Waals surface area (Å²) in [6.07, 6.45) is 2.38. The molecular weight excluding hydrogens is 418 g/mol. The summed E-state index contributed by atoms with van der Waals surface area (Å²) in [5.74, 6) is 1.14. The highest BCUT2D eigenvalue weighted by Gasteiger charge is 2.20. The van der Waals surface area contributed by atoms with Gasteiger partial charge in [0.05, 0.1) is 32.0 Å². The topological polar surface area (TPSA) is 77.0 Å². The molecule has 0 aliphatic carbocycles. The Kier molecular flexibility index (Phi) is 10.2. The number of aliphatic hydroxyl groups is 1. The van der Waals surface area contributed by atoms with Crippen LogP contribution in [0.3, 0.4) is 0 Å². The monoisotopic (exact) mass is 453 g/mol. The van der Waals surface area contributed by atoms with Crippen molar-refractivity contribution in [3.8, 4) is 11.5 Å². The highest BCUT2D eigenvalue weighted by Crippen LogP contribution is 2.23. The first-order valence-electron chi connectivity index (χ1n) is 11.1. The fraction of sp³-hybridized carbons (Fsp3) is 0.370. The van der Waals surface area contributed by atoms with E-state index in [1.807, 2.05) is 39.0 Å². The fourth-order valence-corrected chi connectivity index (χ4v) is 3.52. The van der Waals surface area contributed by atoms with E-state index in [0.717, 1.165) is 11.1 Å². The van der Waals surface area contributed by atoms with Crippen LogP contribution in [0, 0.1) is 0 Å². The van der Waals surface area contributed by atoms with Gasteiger partial charge in [0, 0.05) is 24.1 Å². The van der Waals surface area contributed by atoms with Crippen molar-refractivity contribution in [2.75, 3.05) is 13.7 Å². The molecule has 2 aromatic carbocycles. The summed E-state index contributed by atoms with van der Waals surface area (Å²) in [5.41, 5.74) is 3.00. The number of methoxy groups -OCH3 is 1. The van der Waals surface area contributed by atoms with Crippen LogP contribution < -0.4 is 14.8 Å². The lowest BCUT2D eigenvalue weighted by Crippen LogP contribution is -2.32. The molecule has 2 rings (SSSR count). The van der Waals surface area contributed by atoms with Gasteiger partial charge in [0.15, 0.2) is 0 Å². The maximum absolute atomic E-state index is 12.9. The van der Waals surface area contributed by atoms with E-state index in [2.05, 4.69) is 18.5 Å². The Labute approximate surface area is 196 Å². The molecule has 0 radical (unpaired) electrons. The summed E-state index contributed by atoms with van der Waals surface area (Å²) in [7, 11) is 1.59. The van der Waals surface area contributed by atoms with E-state index in [4.69, 9.17) is 14.2 Å². The van der Waals surface area contributed by atoms with Crippen LogP contribution in [-0.4, -0.2) is 43.0 Å². The largest absolute Gasteiger partial charge is 0.496 e. The molecule has 0 saturated heterocycles. The quantitative estimate of drug-likeness (QED) is 0.435. The van der Waals surface area contributed by atoms with E-state index < -0.39 is 12.2 Å². The molecule has 0 spiro atoms. The molecule has 6 nitrogen and oxygen atoms in total. The first-order chi connectivity index (χ1) is 15.8. The minimum absolute atomic E-state index is 0.0326. The average molecular weight is 454 g/mol. The smallest absolute Gasteiger partial charge is 0.252 e.